The number of aromatic nitrogens is 5. The molecule has 13 nitrogen and oxygen atoms in total. The Morgan fingerprint density at radius 3 is 2.58 bits per heavy atom. The van der Waals surface area contributed by atoms with Gasteiger partial charge in [0.15, 0.2) is 0 Å². The number of pyridine rings is 1. The van der Waals surface area contributed by atoms with E-state index < -0.39 is 17.1 Å². The van der Waals surface area contributed by atoms with Gasteiger partial charge in [-0.15, -0.1) is 0 Å². The zero-order valence-corrected chi connectivity index (χ0v) is 26.2. The highest BCUT2D eigenvalue weighted by Crippen LogP contribution is 2.20. The summed E-state index contributed by atoms with van der Waals surface area (Å²) in [4.78, 5) is 65.9. The highest BCUT2D eigenvalue weighted by molar-refractivity contribution is 5.91. The predicted octanol–water partition coefficient (Wildman–Crippen LogP) is 2.96. The molecule has 1 unspecified atom stereocenters. The normalized spacial score (nSPS) is 15.5. The first-order chi connectivity index (χ1) is 21.6. The van der Waals surface area contributed by atoms with Crippen LogP contribution in [0.1, 0.15) is 55.1 Å². The zero-order chi connectivity index (χ0) is 32.2. The third-order valence-corrected chi connectivity index (χ3v) is 8.53. The van der Waals surface area contributed by atoms with Crippen LogP contribution in [-0.4, -0.2) is 72.3 Å². The van der Waals surface area contributed by atoms with E-state index in [0.717, 1.165) is 31.6 Å². The van der Waals surface area contributed by atoms with Crippen LogP contribution < -0.4 is 26.9 Å². The summed E-state index contributed by atoms with van der Waals surface area (Å²) in [5, 5.41) is 12.7. The number of piperazine rings is 1. The molecule has 5 rings (SSSR count). The number of H-pyrrole nitrogens is 1. The molecule has 4 aromatic rings. The molecule has 0 radical (unpaired) electrons. The van der Waals surface area contributed by atoms with Crippen molar-refractivity contribution in [3.8, 4) is 0 Å². The zero-order valence-electron chi connectivity index (χ0n) is 26.2. The van der Waals surface area contributed by atoms with E-state index in [-0.39, 0.29) is 22.6 Å². The van der Waals surface area contributed by atoms with E-state index in [1.807, 2.05) is 25.1 Å². The molecule has 0 bridgehead atoms. The molecular weight excluding hydrogens is 576 g/mol. The maximum atomic E-state index is 12.8. The van der Waals surface area contributed by atoms with Gasteiger partial charge in [0, 0.05) is 62.9 Å². The number of anilines is 3. The van der Waals surface area contributed by atoms with E-state index >= 15 is 0 Å². The average molecular weight is 617 g/mol. The van der Waals surface area contributed by atoms with Gasteiger partial charge in [0.2, 0.25) is 11.4 Å². The number of aromatic carboxylic acids is 1. The number of unbranched alkanes of at least 4 members (excludes halogenated alkanes) is 1. The fourth-order valence-corrected chi connectivity index (χ4v) is 5.89. The van der Waals surface area contributed by atoms with Crippen LogP contribution in [0.3, 0.4) is 0 Å². The minimum atomic E-state index is -1.27. The molecule has 1 aliphatic heterocycles. The van der Waals surface area contributed by atoms with Crippen molar-refractivity contribution >= 4 is 34.5 Å². The Bertz CT molecular complexity index is 1860. The quantitative estimate of drug-likeness (QED) is 0.214. The Morgan fingerprint density at radius 2 is 1.89 bits per heavy atom. The molecule has 238 valence electrons. The summed E-state index contributed by atoms with van der Waals surface area (Å²) in [7, 11) is 0. The van der Waals surface area contributed by atoms with Gasteiger partial charge in [-0.3, -0.25) is 24.0 Å². The maximum Gasteiger partial charge on any atom is 0.341 e. The van der Waals surface area contributed by atoms with Crippen molar-refractivity contribution in [2.75, 3.05) is 36.4 Å². The van der Waals surface area contributed by atoms with Gasteiger partial charge in [0.05, 0.1) is 5.39 Å². The van der Waals surface area contributed by atoms with Crippen LogP contribution in [0.4, 0.5) is 17.5 Å². The second-order valence-corrected chi connectivity index (χ2v) is 11.5. The van der Waals surface area contributed by atoms with Gasteiger partial charge in [0.25, 0.3) is 5.56 Å². The number of nitrogens with zero attached hydrogens (tertiary/aromatic N) is 6. The van der Waals surface area contributed by atoms with Crippen LogP contribution in [0.2, 0.25) is 0 Å². The molecule has 13 heteroatoms. The van der Waals surface area contributed by atoms with Gasteiger partial charge < -0.3 is 19.9 Å². The van der Waals surface area contributed by atoms with Crippen LogP contribution in [0.15, 0.2) is 51.0 Å². The molecule has 1 fully saturated rings. The first kappa shape index (κ1) is 31.6. The maximum absolute atomic E-state index is 12.8. The average Bonchev–Trinajstić information content (AvgIpc) is 3.01. The van der Waals surface area contributed by atoms with Crippen molar-refractivity contribution in [3.63, 3.8) is 0 Å². The minimum absolute atomic E-state index is 0.188. The first-order valence-electron chi connectivity index (χ1n) is 15.4. The summed E-state index contributed by atoms with van der Waals surface area (Å²) in [5.41, 5.74) is 1.99. The number of carboxylic acids is 1. The number of aromatic amines is 1. The third-order valence-electron chi connectivity index (χ3n) is 8.53. The molecule has 0 aliphatic carbocycles. The Hall–Kier alpha value is -4.78. The Labute approximate surface area is 260 Å². The molecule has 4 heterocycles. The third kappa shape index (κ3) is 6.83. The molecule has 3 aromatic heterocycles. The molecule has 45 heavy (non-hydrogen) atoms. The van der Waals surface area contributed by atoms with E-state index in [0.29, 0.717) is 50.0 Å². The molecule has 3 N–H and O–H groups in total. The molecule has 0 saturated carbocycles. The van der Waals surface area contributed by atoms with Crippen molar-refractivity contribution in [1.82, 2.24) is 29.0 Å². The van der Waals surface area contributed by atoms with Gasteiger partial charge in [-0.2, -0.15) is 4.98 Å². The summed E-state index contributed by atoms with van der Waals surface area (Å²) in [5.74, 6) is -0.396. The number of benzene rings is 1. The SMILES string of the molecule is CCc1cc(Nc2cc(=O)n(CCCCN3CCN(c4ncc5c(=O)c(C(=O)O)cn(CC)c5n4)CC3C)c(=O)[nH]2)ccc1C. The number of hydrogen-bond donors (Lipinski definition) is 3. The predicted molar refractivity (Wildman–Crippen MR) is 174 cm³/mol. The molecule has 0 spiro atoms. The number of hydrogen-bond acceptors (Lipinski definition) is 9. The highest BCUT2D eigenvalue weighted by atomic mass is 16.4. The monoisotopic (exact) mass is 616 g/mol. The van der Waals surface area contributed by atoms with Crippen molar-refractivity contribution in [2.45, 2.75) is 66.1 Å². The summed E-state index contributed by atoms with van der Waals surface area (Å²) in [6.07, 6.45) is 5.16. The Morgan fingerprint density at radius 1 is 1.11 bits per heavy atom. The van der Waals surface area contributed by atoms with Gasteiger partial charge in [-0.05, 0) is 69.8 Å². The number of nitrogens with one attached hydrogen (secondary N) is 2. The Balaban J connectivity index is 1.16. The highest BCUT2D eigenvalue weighted by Gasteiger charge is 2.26. The van der Waals surface area contributed by atoms with E-state index in [1.165, 1.54) is 34.2 Å². The topological polar surface area (TPSA) is 158 Å². The van der Waals surface area contributed by atoms with Gasteiger partial charge in [-0.25, -0.2) is 14.6 Å². The number of fused-ring (bicyclic) bond motifs is 1. The lowest BCUT2D eigenvalue weighted by Crippen LogP contribution is -2.52. The van der Waals surface area contributed by atoms with Crippen molar-refractivity contribution < 1.29 is 9.90 Å². The summed E-state index contributed by atoms with van der Waals surface area (Å²) >= 11 is 0. The van der Waals surface area contributed by atoms with Crippen LogP contribution in [0.5, 0.6) is 0 Å². The van der Waals surface area contributed by atoms with E-state index in [9.17, 15) is 24.3 Å². The van der Waals surface area contributed by atoms with Crippen molar-refractivity contribution in [1.29, 1.82) is 0 Å². The lowest BCUT2D eigenvalue weighted by atomic mass is 10.1. The van der Waals surface area contributed by atoms with E-state index in [1.54, 1.807) is 4.57 Å². The lowest BCUT2D eigenvalue weighted by molar-refractivity contribution is 0.0695. The van der Waals surface area contributed by atoms with Crippen LogP contribution in [0, 0.1) is 6.92 Å². The smallest absolute Gasteiger partial charge is 0.341 e. The second kappa shape index (κ2) is 13.5. The van der Waals surface area contributed by atoms with Crippen molar-refractivity contribution in [2.24, 2.45) is 0 Å². The molecule has 1 atom stereocenters. The van der Waals surface area contributed by atoms with Gasteiger partial charge >= 0.3 is 11.7 Å². The Kier molecular flexibility index (Phi) is 9.47. The fourth-order valence-electron chi connectivity index (χ4n) is 5.89. The summed E-state index contributed by atoms with van der Waals surface area (Å²) < 4.78 is 2.91. The lowest BCUT2D eigenvalue weighted by Gasteiger charge is -2.40. The first-order valence-corrected chi connectivity index (χ1v) is 15.4. The van der Waals surface area contributed by atoms with Gasteiger partial charge in [-0.1, -0.05) is 13.0 Å². The van der Waals surface area contributed by atoms with Crippen LogP contribution in [0.25, 0.3) is 11.0 Å². The second-order valence-electron chi connectivity index (χ2n) is 11.5. The largest absolute Gasteiger partial charge is 0.477 e. The number of aryl methyl sites for hydroxylation is 3. The van der Waals surface area contributed by atoms with Crippen molar-refractivity contribution in [3.05, 3.63) is 84.4 Å². The molecule has 1 aromatic carbocycles. The molecule has 1 saturated heterocycles. The molecule has 0 amide bonds. The van der Waals surface area contributed by atoms with Gasteiger partial charge in [0.1, 0.15) is 17.0 Å². The summed E-state index contributed by atoms with van der Waals surface area (Å²) in [6.45, 7) is 11.9. The number of rotatable bonds is 11. The molecular formula is C32H40N8O5. The minimum Gasteiger partial charge on any atom is -0.477 e. The van der Waals surface area contributed by atoms with E-state index in [4.69, 9.17) is 0 Å². The molecule has 1 aliphatic rings. The number of carboxylic acid groups (broad SMARTS) is 1. The number of carbonyl (C=O) groups is 1. The summed E-state index contributed by atoms with van der Waals surface area (Å²) in [6, 6.07) is 7.60. The fraction of sp³-hybridized carbons (Fsp3) is 0.438. The van der Waals surface area contributed by atoms with Crippen LogP contribution >= 0.6 is 0 Å². The van der Waals surface area contributed by atoms with Crippen LogP contribution in [-0.2, 0) is 19.5 Å². The standard InChI is InChI=1S/C32H40N8O5/c1-5-22-15-23(10-9-20(22)3)34-26-16-27(41)40(32(45)35-26)12-8-7-11-38-13-14-39(18-21(38)4)31-33-17-24-28(42)25(30(43)44)19-37(6-2)29(24)36-31/h9-10,15-17,19,21,34H,5-8,11-14,18H2,1-4H3,(H,35,45)(H,43,44). The van der Waals surface area contributed by atoms with E-state index in [2.05, 4.69) is 50.8 Å².